The van der Waals surface area contributed by atoms with Crippen molar-refractivity contribution >= 4 is 17.5 Å². The van der Waals surface area contributed by atoms with Crippen LogP contribution in [0.5, 0.6) is 0 Å². The molecule has 0 atom stereocenters. The highest BCUT2D eigenvalue weighted by Gasteiger charge is 2.29. The Morgan fingerprint density at radius 3 is 2.73 bits per heavy atom. The van der Waals surface area contributed by atoms with E-state index in [0.717, 1.165) is 5.56 Å². The van der Waals surface area contributed by atoms with Crippen LogP contribution >= 0.6 is 11.6 Å². The number of halogens is 1. The number of carbonyl (C=O) groups is 1. The van der Waals surface area contributed by atoms with E-state index >= 15 is 0 Å². The summed E-state index contributed by atoms with van der Waals surface area (Å²) in [5, 5.41) is 0. The SMILES string of the molecule is CN(Cc1ccoc1)C(=O)C(C)(C)CCl. The van der Waals surface area contributed by atoms with Gasteiger partial charge < -0.3 is 9.32 Å². The van der Waals surface area contributed by atoms with E-state index in [1.807, 2.05) is 19.9 Å². The zero-order valence-electron chi connectivity index (χ0n) is 9.29. The minimum atomic E-state index is -0.514. The quantitative estimate of drug-likeness (QED) is 0.744. The molecule has 1 aromatic heterocycles. The molecular weight excluding hydrogens is 214 g/mol. The van der Waals surface area contributed by atoms with Crippen LogP contribution in [0, 0.1) is 5.41 Å². The van der Waals surface area contributed by atoms with Crippen LogP contribution in [0.1, 0.15) is 19.4 Å². The Kier molecular flexibility index (Phi) is 3.80. The van der Waals surface area contributed by atoms with Crippen molar-refractivity contribution in [2.75, 3.05) is 12.9 Å². The minimum Gasteiger partial charge on any atom is -0.472 e. The van der Waals surface area contributed by atoms with Crippen LogP contribution in [-0.2, 0) is 11.3 Å². The number of hydrogen-bond acceptors (Lipinski definition) is 2. The Labute approximate surface area is 95.0 Å². The molecule has 0 saturated heterocycles. The number of carbonyl (C=O) groups excluding carboxylic acids is 1. The molecule has 84 valence electrons. The van der Waals surface area contributed by atoms with Crippen LogP contribution in [0.4, 0.5) is 0 Å². The van der Waals surface area contributed by atoms with Crippen LogP contribution in [0.3, 0.4) is 0 Å². The summed E-state index contributed by atoms with van der Waals surface area (Å²) < 4.78 is 4.94. The summed E-state index contributed by atoms with van der Waals surface area (Å²) in [5.74, 6) is 0.361. The van der Waals surface area contributed by atoms with Gasteiger partial charge in [0.1, 0.15) is 0 Å². The molecule has 15 heavy (non-hydrogen) atoms. The summed E-state index contributed by atoms with van der Waals surface area (Å²) in [6.45, 7) is 4.23. The largest absolute Gasteiger partial charge is 0.472 e. The number of nitrogens with zero attached hydrogens (tertiary/aromatic N) is 1. The van der Waals surface area contributed by atoms with E-state index < -0.39 is 5.41 Å². The normalized spacial score (nSPS) is 11.5. The molecule has 1 amide bonds. The van der Waals surface area contributed by atoms with Gasteiger partial charge in [0.15, 0.2) is 0 Å². The molecule has 0 aliphatic rings. The first kappa shape index (κ1) is 12.1. The third-order valence-corrected chi connectivity index (χ3v) is 2.93. The van der Waals surface area contributed by atoms with Gasteiger partial charge in [0.2, 0.25) is 5.91 Å². The van der Waals surface area contributed by atoms with E-state index in [-0.39, 0.29) is 5.91 Å². The molecule has 0 saturated carbocycles. The first-order chi connectivity index (χ1) is 6.97. The van der Waals surface area contributed by atoms with Crippen LogP contribution < -0.4 is 0 Å². The topological polar surface area (TPSA) is 33.5 Å². The first-order valence-electron chi connectivity index (χ1n) is 4.80. The van der Waals surface area contributed by atoms with Crippen LogP contribution in [0.25, 0.3) is 0 Å². The fraction of sp³-hybridized carbons (Fsp3) is 0.545. The summed E-state index contributed by atoms with van der Waals surface area (Å²) in [6.07, 6.45) is 3.23. The number of amides is 1. The number of furan rings is 1. The third kappa shape index (κ3) is 2.99. The van der Waals surface area contributed by atoms with Crippen LogP contribution in [-0.4, -0.2) is 23.7 Å². The van der Waals surface area contributed by atoms with E-state index in [1.165, 1.54) is 0 Å². The lowest BCUT2D eigenvalue weighted by molar-refractivity contribution is -0.138. The summed E-state index contributed by atoms with van der Waals surface area (Å²) in [4.78, 5) is 13.6. The molecular formula is C11H16ClNO2. The lowest BCUT2D eigenvalue weighted by Crippen LogP contribution is -2.39. The summed E-state index contributed by atoms with van der Waals surface area (Å²) in [7, 11) is 1.77. The molecule has 0 N–H and O–H groups in total. The zero-order valence-corrected chi connectivity index (χ0v) is 10.0. The second-order valence-corrected chi connectivity index (χ2v) is 4.58. The highest BCUT2D eigenvalue weighted by atomic mass is 35.5. The Bertz CT molecular complexity index is 319. The fourth-order valence-electron chi connectivity index (χ4n) is 1.30. The number of hydrogen-bond donors (Lipinski definition) is 0. The van der Waals surface area contributed by atoms with Crippen molar-refractivity contribution in [1.82, 2.24) is 4.90 Å². The van der Waals surface area contributed by atoms with Crippen molar-refractivity contribution in [2.45, 2.75) is 20.4 Å². The lowest BCUT2D eigenvalue weighted by Gasteiger charge is -2.27. The van der Waals surface area contributed by atoms with Crippen LogP contribution in [0.2, 0.25) is 0 Å². The predicted molar refractivity (Wildman–Crippen MR) is 59.7 cm³/mol. The fourth-order valence-corrected chi connectivity index (χ4v) is 1.42. The molecule has 1 heterocycles. The van der Waals surface area contributed by atoms with E-state index in [1.54, 1.807) is 24.5 Å². The van der Waals surface area contributed by atoms with Crippen LogP contribution in [0.15, 0.2) is 23.0 Å². The number of alkyl halides is 1. The summed E-state index contributed by atoms with van der Waals surface area (Å²) >= 11 is 5.75. The highest BCUT2D eigenvalue weighted by molar-refractivity contribution is 6.19. The van der Waals surface area contributed by atoms with Gasteiger partial charge in [0.25, 0.3) is 0 Å². The molecule has 1 rings (SSSR count). The van der Waals surface area contributed by atoms with Gasteiger partial charge in [-0.3, -0.25) is 4.79 Å². The highest BCUT2D eigenvalue weighted by Crippen LogP contribution is 2.21. The van der Waals surface area contributed by atoms with Crippen molar-refractivity contribution < 1.29 is 9.21 Å². The number of rotatable bonds is 4. The maximum atomic E-state index is 11.9. The van der Waals surface area contributed by atoms with Crippen molar-refractivity contribution in [3.05, 3.63) is 24.2 Å². The van der Waals surface area contributed by atoms with Crippen molar-refractivity contribution in [3.63, 3.8) is 0 Å². The second kappa shape index (κ2) is 4.71. The molecule has 0 unspecified atom stereocenters. The monoisotopic (exact) mass is 229 g/mol. The van der Waals surface area contributed by atoms with Gasteiger partial charge in [-0.15, -0.1) is 11.6 Å². The van der Waals surface area contributed by atoms with Crippen molar-refractivity contribution in [1.29, 1.82) is 0 Å². The molecule has 0 fully saturated rings. The van der Waals surface area contributed by atoms with E-state index in [9.17, 15) is 4.79 Å². The minimum absolute atomic E-state index is 0.0405. The van der Waals surface area contributed by atoms with Crippen molar-refractivity contribution in [3.8, 4) is 0 Å². The van der Waals surface area contributed by atoms with Gasteiger partial charge in [-0.1, -0.05) is 0 Å². The molecule has 4 heteroatoms. The van der Waals surface area contributed by atoms with E-state index in [4.69, 9.17) is 16.0 Å². The maximum Gasteiger partial charge on any atom is 0.229 e. The zero-order chi connectivity index (χ0) is 11.5. The molecule has 0 spiro atoms. The summed E-state index contributed by atoms with van der Waals surface area (Å²) in [6, 6.07) is 1.84. The smallest absolute Gasteiger partial charge is 0.229 e. The predicted octanol–water partition coefficient (Wildman–Crippen LogP) is 2.50. The molecule has 0 aliphatic carbocycles. The maximum absolute atomic E-state index is 11.9. The molecule has 0 bridgehead atoms. The standard InChI is InChI=1S/C11H16ClNO2/c1-11(2,8-12)10(14)13(3)6-9-4-5-15-7-9/h4-5,7H,6,8H2,1-3H3. The van der Waals surface area contributed by atoms with Gasteiger partial charge in [0, 0.05) is 25.0 Å². The lowest BCUT2D eigenvalue weighted by atomic mass is 9.94. The summed E-state index contributed by atoms with van der Waals surface area (Å²) in [5.41, 5.74) is 0.469. The molecule has 0 aromatic carbocycles. The average molecular weight is 230 g/mol. The van der Waals surface area contributed by atoms with Gasteiger partial charge in [-0.05, 0) is 19.9 Å². The Morgan fingerprint density at radius 1 is 1.60 bits per heavy atom. The van der Waals surface area contributed by atoms with E-state index in [2.05, 4.69) is 0 Å². The molecule has 0 radical (unpaired) electrons. The van der Waals surface area contributed by atoms with E-state index in [0.29, 0.717) is 12.4 Å². The van der Waals surface area contributed by atoms with Crippen molar-refractivity contribution in [2.24, 2.45) is 5.41 Å². The Hall–Kier alpha value is -0.960. The molecule has 3 nitrogen and oxygen atoms in total. The van der Waals surface area contributed by atoms with Gasteiger partial charge >= 0.3 is 0 Å². The Balaban J connectivity index is 2.61. The van der Waals surface area contributed by atoms with Gasteiger partial charge in [-0.25, -0.2) is 0 Å². The van der Waals surface area contributed by atoms with Gasteiger partial charge in [-0.2, -0.15) is 0 Å². The molecule has 1 aromatic rings. The third-order valence-electron chi connectivity index (χ3n) is 2.26. The second-order valence-electron chi connectivity index (χ2n) is 4.31. The average Bonchev–Trinajstić information content (AvgIpc) is 2.69. The Morgan fingerprint density at radius 2 is 2.27 bits per heavy atom. The first-order valence-corrected chi connectivity index (χ1v) is 5.33. The molecule has 0 aliphatic heterocycles. The van der Waals surface area contributed by atoms with Gasteiger partial charge in [0.05, 0.1) is 17.9 Å².